The average Bonchev–Trinajstić information content (AvgIpc) is 2.67. The Hall–Kier alpha value is -2.88. The molecule has 10 heteroatoms. The molecule has 1 aromatic carbocycles. The number of nitrogens with zero attached hydrogens (tertiary/aromatic N) is 3. The molecule has 0 unspecified atom stereocenters. The van der Waals surface area contributed by atoms with Gasteiger partial charge < -0.3 is 21.1 Å². The number of nitrogens with one attached hydrogen (secondary N) is 1. The highest BCUT2D eigenvalue weighted by molar-refractivity contribution is 5.76. The number of phenolic OH excluding ortho intramolecular Hbond substituents is 1. The zero-order valence-electron chi connectivity index (χ0n) is 17.5. The van der Waals surface area contributed by atoms with Gasteiger partial charge in [0, 0.05) is 30.1 Å². The van der Waals surface area contributed by atoms with Gasteiger partial charge in [0.15, 0.2) is 5.82 Å². The number of hydrogen-bond acceptors (Lipinski definition) is 6. The maximum atomic E-state index is 12.9. The van der Waals surface area contributed by atoms with E-state index in [1.165, 1.54) is 6.07 Å². The first-order valence-electron chi connectivity index (χ1n) is 10.1. The molecule has 0 saturated carbocycles. The summed E-state index contributed by atoms with van der Waals surface area (Å²) in [6.45, 7) is 3.59. The van der Waals surface area contributed by atoms with E-state index in [1.54, 1.807) is 6.92 Å². The third-order valence-corrected chi connectivity index (χ3v) is 5.51. The number of likely N-dealkylation sites (N-methyl/N-ethyl adjacent to an activating group) is 1. The van der Waals surface area contributed by atoms with E-state index in [0.29, 0.717) is 29.4 Å². The number of aromatic nitrogens is 2. The Morgan fingerprint density at radius 1 is 1.35 bits per heavy atom. The second kappa shape index (κ2) is 9.09. The van der Waals surface area contributed by atoms with Crippen molar-refractivity contribution in [2.24, 2.45) is 5.73 Å². The summed E-state index contributed by atoms with van der Waals surface area (Å²) in [4.78, 5) is 13.6. The number of alkyl halides is 3. The van der Waals surface area contributed by atoms with Gasteiger partial charge in [0.2, 0.25) is 5.91 Å². The Bertz CT molecular complexity index is 965. The normalized spacial score (nSPS) is 17.5. The lowest BCUT2D eigenvalue weighted by molar-refractivity contribution is -0.137. The van der Waals surface area contributed by atoms with Crippen LogP contribution in [0.5, 0.6) is 5.75 Å². The van der Waals surface area contributed by atoms with Crippen molar-refractivity contribution in [1.29, 1.82) is 0 Å². The van der Waals surface area contributed by atoms with Crippen LogP contribution < -0.4 is 11.1 Å². The van der Waals surface area contributed by atoms with Crippen LogP contribution in [-0.2, 0) is 17.4 Å². The number of carbonyl (C=O) groups excluding carboxylic acids is 1. The number of primary amides is 1. The number of benzene rings is 1. The van der Waals surface area contributed by atoms with Crippen LogP contribution in [0.15, 0.2) is 18.2 Å². The molecule has 3 rings (SSSR count). The lowest BCUT2D eigenvalue weighted by atomic mass is 9.97. The minimum absolute atomic E-state index is 0.0875. The van der Waals surface area contributed by atoms with Crippen LogP contribution in [0, 0.1) is 6.92 Å². The van der Waals surface area contributed by atoms with Crippen molar-refractivity contribution in [2.75, 3.05) is 25.5 Å². The molecule has 1 saturated heterocycles. The molecule has 1 fully saturated rings. The summed E-state index contributed by atoms with van der Waals surface area (Å²) in [5.41, 5.74) is 6.10. The van der Waals surface area contributed by atoms with E-state index >= 15 is 0 Å². The number of anilines is 1. The van der Waals surface area contributed by atoms with Gasteiger partial charge in [0.05, 0.1) is 11.3 Å². The molecule has 0 bridgehead atoms. The fourth-order valence-electron chi connectivity index (χ4n) is 3.87. The van der Waals surface area contributed by atoms with E-state index in [4.69, 9.17) is 5.73 Å². The van der Waals surface area contributed by atoms with Crippen molar-refractivity contribution in [3.05, 3.63) is 34.9 Å². The summed E-state index contributed by atoms with van der Waals surface area (Å²) in [5.74, 6) is -0.490. The molecule has 1 aromatic heterocycles. The number of nitrogens with two attached hydrogens (primary N) is 1. The summed E-state index contributed by atoms with van der Waals surface area (Å²) >= 11 is 0. The number of halogens is 3. The molecular formula is C21H26F3N5O2. The fourth-order valence-corrected chi connectivity index (χ4v) is 3.87. The van der Waals surface area contributed by atoms with Crippen molar-refractivity contribution in [3.63, 3.8) is 0 Å². The molecule has 0 radical (unpaired) electrons. The Morgan fingerprint density at radius 3 is 2.71 bits per heavy atom. The predicted molar refractivity (Wildman–Crippen MR) is 111 cm³/mol. The number of hydrogen-bond donors (Lipinski definition) is 3. The number of piperidine rings is 1. The molecule has 1 aliphatic rings. The summed E-state index contributed by atoms with van der Waals surface area (Å²) in [6, 6.07) is 2.90. The highest BCUT2D eigenvalue weighted by Gasteiger charge is 2.31. The molecule has 0 aliphatic carbocycles. The van der Waals surface area contributed by atoms with E-state index in [1.807, 2.05) is 7.05 Å². The maximum Gasteiger partial charge on any atom is 0.416 e. The van der Waals surface area contributed by atoms with Gasteiger partial charge in [0.25, 0.3) is 0 Å². The van der Waals surface area contributed by atoms with Gasteiger partial charge in [-0.05, 0) is 63.5 Å². The van der Waals surface area contributed by atoms with Gasteiger partial charge in [-0.2, -0.15) is 13.2 Å². The zero-order chi connectivity index (χ0) is 22.8. The van der Waals surface area contributed by atoms with Crippen molar-refractivity contribution in [2.45, 2.75) is 44.8 Å². The van der Waals surface area contributed by atoms with Crippen LogP contribution in [0.2, 0.25) is 0 Å². The molecule has 4 N–H and O–H groups in total. The smallest absolute Gasteiger partial charge is 0.416 e. The second-order valence-electron chi connectivity index (χ2n) is 7.94. The average molecular weight is 437 g/mol. The van der Waals surface area contributed by atoms with Crippen molar-refractivity contribution < 1.29 is 23.1 Å². The Morgan fingerprint density at radius 2 is 2.10 bits per heavy atom. The molecular weight excluding hydrogens is 411 g/mol. The number of aromatic hydroxyl groups is 1. The van der Waals surface area contributed by atoms with Crippen LogP contribution in [0.4, 0.5) is 19.0 Å². The van der Waals surface area contributed by atoms with E-state index in [9.17, 15) is 23.1 Å². The summed E-state index contributed by atoms with van der Waals surface area (Å²) in [5, 5.41) is 22.1. The molecule has 31 heavy (non-hydrogen) atoms. The highest BCUT2D eigenvalue weighted by Crippen LogP contribution is 2.38. The topological polar surface area (TPSA) is 104 Å². The van der Waals surface area contributed by atoms with Gasteiger partial charge >= 0.3 is 6.18 Å². The molecule has 1 amide bonds. The first kappa shape index (κ1) is 22.8. The number of amides is 1. The molecule has 2 heterocycles. The molecule has 1 atom stereocenters. The molecule has 168 valence electrons. The van der Waals surface area contributed by atoms with Crippen LogP contribution in [0.1, 0.15) is 36.0 Å². The zero-order valence-corrected chi connectivity index (χ0v) is 17.5. The van der Waals surface area contributed by atoms with Crippen molar-refractivity contribution in [1.82, 2.24) is 15.1 Å². The quantitative estimate of drug-likeness (QED) is 0.642. The van der Waals surface area contributed by atoms with Gasteiger partial charge in [0.1, 0.15) is 5.75 Å². The fraction of sp³-hybridized carbons (Fsp3) is 0.476. The van der Waals surface area contributed by atoms with Crippen LogP contribution in [0.3, 0.4) is 0 Å². The first-order valence-corrected chi connectivity index (χ1v) is 10.1. The lowest BCUT2D eigenvalue weighted by Gasteiger charge is -2.31. The van der Waals surface area contributed by atoms with Gasteiger partial charge in [-0.15, -0.1) is 10.2 Å². The standard InChI is InChI=1S/C21H26F3N5O2/c1-12-15(7-8-18(25)31)20(26-14-4-3-9-29(2)11-14)28-27-19(12)16-6-5-13(10-17(16)30)21(22,23)24/h5-6,10,14,30H,3-4,7-9,11H2,1-2H3,(H2,25,31)(H,26,28)/t14-/m1/s1. The number of likely N-dealkylation sites (tertiary alicyclic amines) is 1. The number of phenols is 1. The minimum Gasteiger partial charge on any atom is -0.507 e. The Balaban J connectivity index is 1.99. The maximum absolute atomic E-state index is 12.9. The number of carbonyl (C=O) groups is 1. The minimum atomic E-state index is -4.57. The van der Waals surface area contributed by atoms with E-state index in [-0.39, 0.29) is 23.7 Å². The van der Waals surface area contributed by atoms with Crippen LogP contribution in [-0.4, -0.2) is 52.3 Å². The summed E-state index contributed by atoms with van der Waals surface area (Å²) in [7, 11) is 2.04. The van der Waals surface area contributed by atoms with Crippen molar-refractivity contribution >= 4 is 11.7 Å². The molecule has 7 nitrogen and oxygen atoms in total. The monoisotopic (exact) mass is 437 g/mol. The molecule has 1 aliphatic heterocycles. The molecule has 2 aromatic rings. The third kappa shape index (κ3) is 5.43. The van der Waals surface area contributed by atoms with Crippen LogP contribution in [0.25, 0.3) is 11.3 Å². The lowest BCUT2D eigenvalue weighted by Crippen LogP contribution is -2.40. The summed E-state index contributed by atoms with van der Waals surface area (Å²) < 4.78 is 38.8. The largest absolute Gasteiger partial charge is 0.507 e. The number of rotatable bonds is 6. The SMILES string of the molecule is Cc1c(-c2ccc(C(F)(F)F)cc2O)nnc(N[C@@H]2CCCN(C)C2)c1CCC(N)=O. The Kier molecular flexibility index (Phi) is 6.68. The summed E-state index contributed by atoms with van der Waals surface area (Å²) in [6.07, 6.45) is -2.18. The second-order valence-corrected chi connectivity index (χ2v) is 7.94. The van der Waals surface area contributed by atoms with Gasteiger partial charge in [-0.25, -0.2) is 0 Å². The first-order chi connectivity index (χ1) is 14.6. The van der Waals surface area contributed by atoms with E-state index < -0.39 is 23.4 Å². The van der Waals surface area contributed by atoms with Crippen molar-refractivity contribution in [3.8, 4) is 17.0 Å². The highest BCUT2D eigenvalue weighted by atomic mass is 19.4. The molecule has 0 spiro atoms. The Labute approximate surface area is 178 Å². The van der Waals surface area contributed by atoms with E-state index in [2.05, 4.69) is 20.4 Å². The predicted octanol–water partition coefficient (Wildman–Crippen LogP) is 3.10. The van der Waals surface area contributed by atoms with Gasteiger partial charge in [-0.3, -0.25) is 4.79 Å². The van der Waals surface area contributed by atoms with Crippen LogP contribution >= 0.6 is 0 Å². The van der Waals surface area contributed by atoms with Gasteiger partial charge in [-0.1, -0.05) is 0 Å². The third-order valence-electron chi connectivity index (χ3n) is 5.51. The van der Waals surface area contributed by atoms with E-state index in [0.717, 1.165) is 32.0 Å².